The molecule has 0 spiro atoms. The zero-order chi connectivity index (χ0) is 19.5. The molecule has 26 heavy (non-hydrogen) atoms. The average molecular weight is 366 g/mol. The van der Waals surface area contributed by atoms with E-state index in [1.807, 2.05) is 25.7 Å². The highest BCUT2D eigenvalue weighted by Gasteiger charge is 2.28. The van der Waals surface area contributed by atoms with Crippen LogP contribution in [0.25, 0.3) is 0 Å². The molecule has 1 aliphatic heterocycles. The third-order valence-electron chi connectivity index (χ3n) is 4.10. The van der Waals surface area contributed by atoms with Crippen LogP contribution in [0.5, 0.6) is 5.75 Å². The number of carboxylic acids is 1. The van der Waals surface area contributed by atoms with E-state index >= 15 is 0 Å². The van der Waals surface area contributed by atoms with Gasteiger partial charge in [-0.1, -0.05) is 0 Å². The number of carbonyl (C=O) groups is 2. The summed E-state index contributed by atoms with van der Waals surface area (Å²) >= 11 is 0. The molecule has 0 radical (unpaired) electrons. The average Bonchev–Trinajstić information content (AvgIpc) is 2.58. The minimum atomic E-state index is -1.12. The van der Waals surface area contributed by atoms with E-state index in [-0.39, 0.29) is 17.2 Å². The largest absolute Gasteiger partial charge is 0.494 e. The van der Waals surface area contributed by atoms with Crippen LogP contribution in [0.3, 0.4) is 0 Å². The summed E-state index contributed by atoms with van der Waals surface area (Å²) in [5.41, 5.74) is 0.415. The highest BCUT2D eigenvalue weighted by Crippen LogP contribution is 2.35. The summed E-state index contributed by atoms with van der Waals surface area (Å²) in [5, 5.41) is 18.9. The second-order valence-electron chi connectivity index (χ2n) is 7.06. The lowest BCUT2D eigenvalue weighted by molar-refractivity contribution is 0.0240. The maximum Gasteiger partial charge on any atom is 0.410 e. The maximum absolute atomic E-state index is 12.2. The standard InChI is InChI=1S/C18H26N2O6/c1-18(2,3)26-17(24)20-9-7-19(8-10-20)14-6-5-12(16(22)23)13(11-21)15(14)25-4/h5-6,21H,7-11H2,1-4H3,(H,22,23). The first kappa shape index (κ1) is 19.8. The number of anilines is 1. The van der Waals surface area contributed by atoms with Gasteiger partial charge < -0.3 is 29.5 Å². The zero-order valence-corrected chi connectivity index (χ0v) is 15.6. The van der Waals surface area contributed by atoms with Gasteiger partial charge in [0.05, 0.1) is 25.0 Å². The van der Waals surface area contributed by atoms with E-state index in [0.717, 1.165) is 0 Å². The molecule has 0 aromatic heterocycles. The van der Waals surface area contributed by atoms with E-state index in [4.69, 9.17) is 9.47 Å². The number of hydrogen-bond donors (Lipinski definition) is 2. The highest BCUT2D eigenvalue weighted by atomic mass is 16.6. The number of ether oxygens (including phenoxy) is 2. The number of piperazine rings is 1. The Morgan fingerprint density at radius 1 is 1.15 bits per heavy atom. The SMILES string of the molecule is COc1c(N2CCN(C(=O)OC(C)(C)C)CC2)ccc(C(=O)O)c1CO. The minimum absolute atomic E-state index is 0.0143. The Bertz CT molecular complexity index is 675. The van der Waals surface area contributed by atoms with Gasteiger partial charge in [-0.2, -0.15) is 0 Å². The fourth-order valence-electron chi connectivity index (χ4n) is 2.91. The van der Waals surface area contributed by atoms with Crippen LogP contribution < -0.4 is 9.64 Å². The summed E-state index contributed by atoms with van der Waals surface area (Å²) in [6.45, 7) is 7.10. The van der Waals surface area contributed by atoms with Gasteiger partial charge in [-0.15, -0.1) is 0 Å². The lowest BCUT2D eigenvalue weighted by atomic mass is 10.0. The summed E-state index contributed by atoms with van der Waals surface area (Å²) in [7, 11) is 1.45. The summed E-state index contributed by atoms with van der Waals surface area (Å²) < 4.78 is 10.8. The smallest absolute Gasteiger partial charge is 0.410 e. The number of aliphatic hydroxyl groups is 1. The van der Waals surface area contributed by atoms with E-state index in [9.17, 15) is 19.8 Å². The van der Waals surface area contributed by atoms with E-state index in [0.29, 0.717) is 37.6 Å². The Balaban J connectivity index is 2.17. The first-order valence-electron chi connectivity index (χ1n) is 8.45. The molecule has 2 rings (SSSR count). The topological polar surface area (TPSA) is 99.5 Å². The molecule has 0 saturated carbocycles. The number of aromatic carboxylic acids is 1. The van der Waals surface area contributed by atoms with E-state index in [2.05, 4.69) is 0 Å². The number of nitrogens with zero attached hydrogens (tertiary/aromatic N) is 2. The molecule has 8 nitrogen and oxygen atoms in total. The van der Waals surface area contributed by atoms with Crippen LogP contribution in [-0.4, -0.2) is 66.1 Å². The Labute approximate surface area is 152 Å². The normalized spacial score (nSPS) is 15.0. The molecule has 1 aromatic rings. The van der Waals surface area contributed by atoms with Crippen molar-refractivity contribution in [3.8, 4) is 5.75 Å². The summed E-state index contributed by atoms with van der Waals surface area (Å²) in [4.78, 5) is 27.1. The number of aliphatic hydroxyl groups excluding tert-OH is 1. The van der Waals surface area contributed by atoms with Gasteiger partial charge in [-0.25, -0.2) is 9.59 Å². The maximum atomic E-state index is 12.2. The molecule has 0 unspecified atom stereocenters. The van der Waals surface area contributed by atoms with Crippen LogP contribution in [0.4, 0.5) is 10.5 Å². The van der Waals surface area contributed by atoms with Gasteiger partial charge in [0.1, 0.15) is 11.4 Å². The van der Waals surface area contributed by atoms with Crippen LogP contribution >= 0.6 is 0 Å². The van der Waals surface area contributed by atoms with Gasteiger partial charge in [0.2, 0.25) is 0 Å². The molecule has 144 valence electrons. The molecule has 1 fully saturated rings. The molecule has 8 heteroatoms. The van der Waals surface area contributed by atoms with Crippen molar-refractivity contribution in [1.82, 2.24) is 4.90 Å². The van der Waals surface area contributed by atoms with Crippen molar-refractivity contribution in [1.29, 1.82) is 0 Å². The van der Waals surface area contributed by atoms with Crippen molar-refractivity contribution >= 4 is 17.7 Å². The van der Waals surface area contributed by atoms with Gasteiger partial charge in [-0.3, -0.25) is 0 Å². The molecule has 0 aliphatic carbocycles. The Hall–Kier alpha value is -2.48. The lowest BCUT2D eigenvalue weighted by Gasteiger charge is -2.37. The Kier molecular flexibility index (Phi) is 5.97. The summed E-state index contributed by atoms with van der Waals surface area (Å²) in [6.07, 6.45) is -0.346. The van der Waals surface area contributed by atoms with Crippen molar-refractivity contribution in [3.63, 3.8) is 0 Å². The van der Waals surface area contributed by atoms with Crippen molar-refractivity contribution < 1.29 is 29.3 Å². The molecule has 1 amide bonds. The quantitative estimate of drug-likeness (QED) is 0.840. The number of carbonyl (C=O) groups excluding carboxylic acids is 1. The number of amides is 1. The molecular formula is C18H26N2O6. The second kappa shape index (κ2) is 7.82. The van der Waals surface area contributed by atoms with Gasteiger partial charge >= 0.3 is 12.1 Å². The molecule has 1 aromatic carbocycles. The highest BCUT2D eigenvalue weighted by molar-refractivity contribution is 5.91. The molecule has 0 atom stereocenters. The lowest BCUT2D eigenvalue weighted by Crippen LogP contribution is -2.50. The van der Waals surface area contributed by atoms with E-state index in [1.54, 1.807) is 11.0 Å². The predicted octanol–water partition coefficient (Wildman–Crippen LogP) is 1.94. The Morgan fingerprint density at radius 2 is 1.77 bits per heavy atom. The van der Waals surface area contributed by atoms with Gasteiger partial charge in [0.15, 0.2) is 0 Å². The van der Waals surface area contributed by atoms with Crippen molar-refractivity contribution in [2.24, 2.45) is 0 Å². The van der Waals surface area contributed by atoms with Crippen LogP contribution in [0, 0.1) is 0 Å². The van der Waals surface area contributed by atoms with Crippen molar-refractivity contribution in [3.05, 3.63) is 23.3 Å². The van der Waals surface area contributed by atoms with Gasteiger partial charge in [0.25, 0.3) is 0 Å². The first-order chi connectivity index (χ1) is 12.2. The second-order valence-corrected chi connectivity index (χ2v) is 7.06. The summed E-state index contributed by atoms with van der Waals surface area (Å²) in [5.74, 6) is -0.772. The number of rotatable bonds is 4. The first-order valence-corrected chi connectivity index (χ1v) is 8.45. The van der Waals surface area contributed by atoms with Crippen LogP contribution in [0.1, 0.15) is 36.7 Å². The molecular weight excluding hydrogens is 340 g/mol. The van der Waals surface area contributed by atoms with Crippen molar-refractivity contribution in [2.45, 2.75) is 33.0 Å². The minimum Gasteiger partial charge on any atom is -0.494 e. The number of methoxy groups -OCH3 is 1. The Morgan fingerprint density at radius 3 is 2.23 bits per heavy atom. The van der Waals surface area contributed by atoms with Gasteiger partial charge in [-0.05, 0) is 32.9 Å². The van der Waals surface area contributed by atoms with Crippen LogP contribution in [0.15, 0.2) is 12.1 Å². The third kappa shape index (κ3) is 4.37. The number of benzene rings is 1. The molecule has 1 saturated heterocycles. The van der Waals surface area contributed by atoms with E-state index in [1.165, 1.54) is 13.2 Å². The molecule has 0 bridgehead atoms. The number of hydrogen-bond acceptors (Lipinski definition) is 6. The number of carboxylic acid groups (broad SMARTS) is 1. The zero-order valence-electron chi connectivity index (χ0n) is 15.6. The van der Waals surface area contributed by atoms with Crippen LogP contribution in [0.2, 0.25) is 0 Å². The van der Waals surface area contributed by atoms with Crippen LogP contribution in [-0.2, 0) is 11.3 Å². The van der Waals surface area contributed by atoms with Crippen molar-refractivity contribution in [2.75, 3.05) is 38.2 Å². The molecule has 1 heterocycles. The van der Waals surface area contributed by atoms with E-state index < -0.39 is 18.2 Å². The summed E-state index contributed by atoms with van der Waals surface area (Å²) in [6, 6.07) is 3.14. The molecule has 2 N–H and O–H groups in total. The fraction of sp³-hybridized carbons (Fsp3) is 0.556. The third-order valence-corrected chi connectivity index (χ3v) is 4.10. The monoisotopic (exact) mass is 366 g/mol. The fourth-order valence-corrected chi connectivity index (χ4v) is 2.91. The molecule has 1 aliphatic rings. The predicted molar refractivity (Wildman–Crippen MR) is 95.9 cm³/mol. The van der Waals surface area contributed by atoms with Gasteiger partial charge in [0, 0.05) is 31.7 Å².